The summed E-state index contributed by atoms with van der Waals surface area (Å²) in [5, 5.41) is 32.5. The SMILES string of the molecule is C#Cc1ccc(CNC(=O)c2cc3ccnc(OCC4(SC(O)(CO)CO)CC4)c3n(C)c2=O)cc1. The number of pyridine rings is 2. The number of fused-ring (bicyclic) bond motifs is 1. The van der Waals surface area contributed by atoms with Crippen molar-refractivity contribution in [3.8, 4) is 18.2 Å². The Balaban J connectivity index is 1.52. The van der Waals surface area contributed by atoms with E-state index in [0.29, 0.717) is 10.9 Å². The van der Waals surface area contributed by atoms with E-state index in [1.54, 1.807) is 25.2 Å². The lowest BCUT2D eigenvalue weighted by Gasteiger charge is -2.28. The number of hydrogen-bond acceptors (Lipinski definition) is 8. The number of amides is 1. The molecular weight excluding hydrogens is 482 g/mol. The smallest absolute Gasteiger partial charge is 0.263 e. The number of rotatable bonds is 10. The van der Waals surface area contributed by atoms with E-state index in [-0.39, 0.29) is 24.6 Å². The third-order valence-electron chi connectivity index (χ3n) is 6.09. The van der Waals surface area contributed by atoms with Crippen molar-refractivity contribution < 1.29 is 24.9 Å². The van der Waals surface area contributed by atoms with Crippen LogP contribution >= 0.6 is 11.8 Å². The summed E-state index contributed by atoms with van der Waals surface area (Å²) in [7, 11) is 1.55. The van der Waals surface area contributed by atoms with Gasteiger partial charge in [-0.15, -0.1) is 18.2 Å². The lowest BCUT2D eigenvalue weighted by atomic mass is 10.1. The number of aliphatic hydroxyl groups excluding tert-OH is 2. The lowest BCUT2D eigenvalue weighted by molar-refractivity contribution is 0.0162. The molecule has 36 heavy (non-hydrogen) atoms. The zero-order valence-corrected chi connectivity index (χ0v) is 20.5. The molecule has 188 valence electrons. The van der Waals surface area contributed by atoms with Gasteiger partial charge in [-0.2, -0.15) is 0 Å². The minimum Gasteiger partial charge on any atom is -0.475 e. The number of thioether (sulfide) groups is 1. The minimum absolute atomic E-state index is 0.00688. The first-order valence-electron chi connectivity index (χ1n) is 11.3. The molecule has 0 radical (unpaired) electrons. The van der Waals surface area contributed by atoms with E-state index >= 15 is 0 Å². The van der Waals surface area contributed by atoms with Crippen LogP contribution in [0.4, 0.5) is 0 Å². The molecule has 4 N–H and O–H groups in total. The first-order valence-corrected chi connectivity index (χ1v) is 12.1. The number of carbonyl (C=O) groups is 1. The van der Waals surface area contributed by atoms with E-state index < -0.39 is 34.4 Å². The first kappa shape index (κ1) is 25.7. The monoisotopic (exact) mass is 509 g/mol. The highest BCUT2D eigenvalue weighted by molar-refractivity contribution is 8.02. The number of nitrogens with one attached hydrogen (secondary N) is 1. The van der Waals surface area contributed by atoms with Gasteiger partial charge in [0.1, 0.15) is 17.7 Å². The Kier molecular flexibility index (Phi) is 7.38. The standard InChI is InChI=1S/C26H27N3O6S/c1-3-17-4-6-18(7-5-17)13-28-22(32)20-12-19-8-11-27-23(21(19)29(2)24(20)33)35-16-25(9-10-25)36-26(34,14-30)15-31/h1,4-8,11-12,30-31,34H,9-10,13-16H2,2H3,(H,28,32). The van der Waals surface area contributed by atoms with Gasteiger partial charge < -0.3 is 29.9 Å². The van der Waals surface area contributed by atoms with E-state index in [0.717, 1.165) is 35.7 Å². The van der Waals surface area contributed by atoms with E-state index in [1.165, 1.54) is 16.8 Å². The fourth-order valence-corrected chi connectivity index (χ4v) is 5.16. The normalized spacial score (nSPS) is 14.3. The Labute approximate surface area is 212 Å². The van der Waals surface area contributed by atoms with Gasteiger partial charge in [0.05, 0.1) is 18.0 Å². The quantitative estimate of drug-likeness (QED) is 0.236. The molecule has 2 heterocycles. The highest BCUT2D eigenvalue weighted by Crippen LogP contribution is 2.53. The van der Waals surface area contributed by atoms with Gasteiger partial charge in [0.15, 0.2) is 4.93 Å². The van der Waals surface area contributed by atoms with E-state index in [1.807, 2.05) is 12.1 Å². The summed E-state index contributed by atoms with van der Waals surface area (Å²) < 4.78 is 6.82. The van der Waals surface area contributed by atoms with Crippen molar-refractivity contribution in [3.63, 3.8) is 0 Å². The summed E-state index contributed by atoms with van der Waals surface area (Å²) in [6.45, 7) is -0.764. The van der Waals surface area contributed by atoms with Crippen molar-refractivity contribution in [2.75, 3.05) is 19.8 Å². The van der Waals surface area contributed by atoms with Gasteiger partial charge in [-0.3, -0.25) is 9.59 Å². The molecule has 2 aromatic heterocycles. The van der Waals surface area contributed by atoms with Gasteiger partial charge in [0.2, 0.25) is 5.88 Å². The number of aliphatic hydroxyl groups is 3. The molecule has 1 aliphatic rings. The van der Waals surface area contributed by atoms with Crippen LogP contribution in [0.3, 0.4) is 0 Å². The first-order chi connectivity index (χ1) is 17.2. The van der Waals surface area contributed by atoms with Gasteiger partial charge in [-0.1, -0.05) is 18.1 Å². The van der Waals surface area contributed by atoms with Crippen LogP contribution in [-0.2, 0) is 13.6 Å². The number of aryl methyl sites for hydroxylation is 1. The second kappa shape index (κ2) is 10.3. The maximum Gasteiger partial charge on any atom is 0.263 e. The molecule has 0 aliphatic heterocycles. The lowest BCUT2D eigenvalue weighted by Crippen LogP contribution is -2.38. The fourth-order valence-electron chi connectivity index (χ4n) is 3.80. The van der Waals surface area contributed by atoms with Crippen molar-refractivity contribution in [2.24, 2.45) is 7.05 Å². The molecule has 0 atom stereocenters. The second-order valence-electron chi connectivity index (χ2n) is 8.84. The molecule has 0 saturated heterocycles. The molecule has 0 spiro atoms. The molecule has 1 amide bonds. The second-order valence-corrected chi connectivity index (χ2v) is 10.7. The predicted molar refractivity (Wildman–Crippen MR) is 137 cm³/mol. The summed E-state index contributed by atoms with van der Waals surface area (Å²) in [6.07, 6.45) is 8.36. The molecule has 1 saturated carbocycles. The van der Waals surface area contributed by atoms with E-state index in [9.17, 15) is 24.9 Å². The molecule has 1 aromatic carbocycles. The predicted octanol–water partition coefficient (Wildman–Crippen LogP) is 1.16. The third-order valence-corrected chi connectivity index (χ3v) is 7.69. The van der Waals surface area contributed by atoms with Crippen LogP contribution in [0.15, 0.2) is 47.4 Å². The molecule has 4 rings (SSSR count). The summed E-state index contributed by atoms with van der Waals surface area (Å²) in [4.78, 5) is 28.5. The van der Waals surface area contributed by atoms with Crippen molar-refractivity contribution >= 4 is 28.6 Å². The number of carbonyl (C=O) groups excluding carboxylic acids is 1. The van der Waals surface area contributed by atoms with Crippen molar-refractivity contribution in [1.82, 2.24) is 14.9 Å². The Morgan fingerprint density at radius 1 is 1.28 bits per heavy atom. The van der Waals surface area contributed by atoms with E-state index in [4.69, 9.17) is 11.2 Å². The maximum absolute atomic E-state index is 13.1. The average molecular weight is 510 g/mol. The van der Waals surface area contributed by atoms with E-state index in [2.05, 4.69) is 16.2 Å². The number of aromatic nitrogens is 2. The molecule has 0 unspecified atom stereocenters. The molecule has 0 bridgehead atoms. The molecule has 1 aliphatic carbocycles. The van der Waals surface area contributed by atoms with Crippen LogP contribution in [-0.4, -0.2) is 60.3 Å². The summed E-state index contributed by atoms with van der Waals surface area (Å²) in [5.74, 6) is 2.25. The molecule has 1 fully saturated rings. The summed E-state index contributed by atoms with van der Waals surface area (Å²) >= 11 is 1.08. The highest BCUT2D eigenvalue weighted by Gasteiger charge is 2.50. The van der Waals surface area contributed by atoms with Crippen LogP contribution in [0.5, 0.6) is 5.88 Å². The Morgan fingerprint density at radius 3 is 2.58 bits per heavy atom. The van der Waals surface area contributed by atoms with Crippen molar-refractivity contribution in [1.29, 1.82) is 0 Å². The van der Waals surface area contributed by atoms with Crippen LogP contribution in [0.2, 0.25) is 0 Å². The minimum atomic E-state index is -1.66. The van der Waals surface area contributed by atoms with Gasteiger partial charge in [-0.25, -0.2) is 4.98 Å². The number of benzene rings is 1. The van der Waals surface area contributed by atoms with Crippen molar-refractivity contribution in [2.45, 2.75) is 29.1 Å². The summed E-state index contributed by atoms with van der Waals surface area (Å²) in [6, 6.07) is 10.4. The Hall–Kier alpha value is -3.36. The van der Waals surface area contributed by atoms with Crippen LogP contribution in [0, 0.1) is 12.3 Å². The Morgan fingerprint density at radius 2 is 1.97 bits per heavy atom. The molecule has 9 nitrogen and oxygen atoms in total. The molecular formula is C26H27N3O6S. The van der Waals surface area contributed by atoms with Crippen molar-refractivity contribution in [3.05, 3.63) is 69.6 Å². The summed E-state index contributed by atoms with van der Waals surface area (Å²) in [5.41, 5.74) is 1.52. The van der Waals surface area contributed by atoms with Gasteiger partial charge in [-0.05, 0) is 42.7 Å². The number of nitrogens with zero attached hydrogens (tertiary/aromatic N) is 2. The Bertz CT molecular complexity index is 1370. The highest BCUT2D eigenvalue weighted by atomic mass is 32.2. The molecule has 10 heteroatoms. The average Bonchev–Trinajstić information content (AvgIpc) is 3.67. The number of hydrogen-bond donors (Lipinski definition) is 4. The van der Waals surface area contributed by atoms with Gasteiger partial charge in [0, 0.05) is 30.7 Å². The number of ether oxygens (including phenoxy) is 1. The van der Waals surface area contributed by atoms with Crippen LogP contribution < -0.4 is 15.6 Å². The maximum atomic E-state index is 13.1. The topological polar surface area (TPSA) is 134 Å². The third kappa shape index (κ3) is 5.39. The van der Waals surface area contributed by atoms with Gasteiger partial charge in [0.25, 0.3) is 11.5 Å². The zero-order valence-electron chi connectivity index (χ0n) is 19.7. The van der Waals surface area contributed by atoms with Crippen LogP contribution in [0.1, 0.15) is 34.3 Å². The molecule has 3 aromatic rings. The van der Waals surface area contributed by atoms with Crippen LogP contribution in [0.25, 0.3) is 10.9 Å². The van der Waals surface area contributed by atoms with Gasteiger partial charge >= 0.3 is 0 Å². The zero-order chi connectivity index (χ0) is 25.9. The number of terminal acetylenes is 1. The fraction of sp³-hybridized carbons (Fsp3) is 0.346. The largest absolute Gasteiger partial charge is 0.475 e.